The van der Waals surface area contributed by atoms with Crippen molar-refractivity contribution in [3.05, 3.63) is 59.5 Å². The fraction of sp³-hybridized carbons (Fsp3) is 0.333. The molecule has 1 N–H and O–H groups in total. The van der Waals surface area contributed by atoms with Crippen LogP contribution in [0.25, 0.3) is 0 Å². The molecule has 0 fully saturated rings. The maximum atomic E-state index is 13.1. The lowest BCUT2D eigenvalue weighted by Gasteiger charge is -2.20. The van der Waals surface area contributed by atoms with Crippen molar-refractivity contribution in [3.8, 4) is 17.2 Å². The summed E-state index contributed by atoms with van der Waals surface area (Å²) in [6.07, 6.45) is 0. The zero-order chi connectivity index (χ0) is 24.9. The number of nitrogens with one attached hydrogen (secondary N) is 1. The van der Waals surface area contributed by atoms with E-state index in [-0.39, 0.29) is 21.9 Å². The van der Waals surface area contributed by atoms with E-state index < -0.39 is 15.9 Å². The number of hydrogen-bond donors (Lipinski definition) is 1. The minimum absolute atomic E-state index is 0.0457. The van der Waals surface area contributed by atoms with Gasteiger partial charge in [-0.25, -0.2) is 8.42 Å². The lowest BCUT2D eigenvalue weighted by atomic mass is 10.2. The first-order valence-corrected chi connectivity index (χ1v) is 12.4. The fourth-order valence-corrected chi connectivity index (χ4v) is 4.94. The van der Waals surface area contributed by atoms with E-state index in [0.717, 1.165) is 0 Å². The lowest BCUT2D eigenvalue weighted by Crippen LogP contribution is -2.30. The highest BCUT2D eigenvalue weighted by Crippen LogP contribution is 2.34. The molecule has 34 heavy (non-hydrogen) atoms. The summed E-state index contributed by atoms with van der Waals surface area (Å²) >= 11 is 0. The molecule has 182 valence electrons. The largest absolute Gasteiger partial charge is 0.494 e. The molecule has 0 aliphatic rings. The van der Waals surface area contributed by atoms with Crippen LogP contribution in [0.4, 0.5) is 5.69 Å². The van der Waals surface area contributed by atoms with Crippen molar-refractivity contribution in [2.24, 2.45) is 0 Å². The lowest BCUT2D eigenvalue weighted by molar-refractivity contribution is 0.102. The van der Waals surface area contributed by atoms with Gasteiger partial charge in [0.05, 0.1) is 22.9 Å². The van der Waals surface area contributed by atoms with Gasteiger partial charge in [-0.3, -0.25) is 4.79 Å². The third-order valence-corrected chi connectivity index (χ3v) is 7.21. The van der Waals surface area contributed by atoms with Gasteiger partial charge in [0, 0.05) is 13.1 Å². The molecule has 0 radical (unpaired) electrons. The average Bonchev–Trinajstić information content (AvgIpc) is 3.15. The van der Waals surface area contributed by atoms with Gasteiger partial charge in [0.1, 0.15) is 22.8 Å². The molecule has 0 saturated heterocycles. The van der Waals surface area contributed by atoms with Gasteiger partial charge in [-0.15, -0.1) is 0 Å². The van der Waals surface area contributed by atoms with Crippen LogP contribution >= 0.6 is 0 Å². The molecule has 1 aromatic heterocycles. The number of carbonyl (C=O) groups excluding carboxylic acids is 1. The summed E-state index contributed by atoms with van der Waals surface area (Å²) in [5, 5.41) is 6.58. The van der Waals surface area contributed by atoms with Crippen molar-refractivity contribution >= 4 is 21.6 Å². The Morgan fingerprint density at radius 3 is 2.24 bits per heavy atom. The van der Waals surface area contributed by atoms with Crippen LogP contribution in [0.3, 0.4) is 0 Å². The van der Waals surface area contributed by atoms with Gasteiger partial charge in [-0.2, -0.15) is 4.31 Å². The maximum Gasteiger partial charge on any atom is 0.261 e. The number of amides is 1. The van der Waals surface area contributed by atoms with E-state index in [9.17, 15) is 13.2 Å². The van der Waals surface area contributed by atoms with E-state index in [1.807, 2.05) is 6.92 Å². The zero-order valence-electron chi connectivity index (χ0n) is 19.9. The second-order valence-electron chi connectivity index (χ2n) is 7.41. The molecule has 1 heterocycles. The normalized spacial score (nSPS) is 11.5. The summed E-state index contributed by atoms with van der Waals surface area (Å²) in [6, 6.07) is 11.4. The summed E-state index contributed by atoms with van der Waals surface area (Å²) < 4.78 is 44.0. The number of sulfonamides is 1. The van der Waals surface area contributed by atoms with Crippen molar-refractivity contribution in [2.75, 3.05) is 25.0 Å². The smallest absolute Gasteiger partial charge is 0.261 e. The second-order valence-corrected chi connectivity index (χ2v) is 9.35. The van der Waals surface area contributed by atoms with Gasteiger partial charge in [-0.1, -0.05) is 19.0 Å². The highest BCUT2D eigenvalue weighted by Gasteiger charge is 2.25. The zero-order valence-corrected chi connectivity index (χ0v) is 20.7. The number of nitrogens with zero attached hydrogens (tertiary/aromatic N) is 2. The van der Waals surface area contributed by atoms with E-state index in [1.54, 1.807) is 52.0 Å². The van der Waals surface area contributed by atoms with E-state index in [2.05, 4.69) is 10.5 Å². The second kappa shape index (κ2) is 10.7. The molecule has 9 nitrogen and oxygen atoms in total. The van der Waals surface area contributed by atoms with Gasteiger partial charge in [0.2, 0.25) is 10.0 Å². The average molecular weight is 488 g/mol. The molecule has 2 aromatic carbocycles. The van der Waals surface area contributed by atoms with Crippen LogP contribution in [0.1, 0.15) is 42.6 Å². The van der Waals surface area contributed by atoms with E-state index in [1.165, 1.54) is 22.5 Å². The molecule has 0 spiro atoms. The standard InChI is InChI=1S/C24H29N3O6S/c1-6-27(7-2)34(29,30)20-13-14-22(32-19-11-9-18(10-12-19)31-8-3)21(15-20)25-24(28)23-16(4)26-33-17(23)5/h9-15H,6-8H2,1-5H3,(H,25,28). The van der Waals surface area contributed by atoms with Gasteiger partial charge < -0.3 is 19.3 Å². The first kappa shape index (κ1) is 25.3. The molecule has 0 unspecified atom stereocenters. The Morgan fingerprint density at radius 1 is 1.03 bits per heavy atom. The van der Waals surface area contributed by atoms with Crippen LogP contribution in [-0.4, -0.2) is 43.5 Å². The van der Waals surface area contributed by atoms with Crippen LogP contribution in [0.15, 0.2) is 51.9 Å². The molecule has 10 heteroatoms. The number of hydrogen-bond acceptors (Lipinski definition) is 7. The number of rotatable bonds is 10. The van der Waals surface area contributed by atoms with Crippen LogP contribution in [-0.2, 0) is 10.0 Å². The SMILES string of the molecule is CCOc1ccc(Oc2ccc(S(=O)(=O)N(CC)CC)cc2NC(=O)c2c(C)noc2C)cc1. The quantitative estimate of drug-likeness (QED) is 0.439. The van der Waals surface area contributed by atoms with Crippen LogP contribution in [0.5, 0.6) is 17.2 Å². The first-order chi connectivity index (χ1) is 16.2. The molecule has 3 rings (SSSR count). The van der Waals surface area contributed by atoms with E-state index >= 15 is 0 Å². The predicted molar refractivity (Wildman–Crippen MR) is 128 cm³/mol. The number of anilines is 1. The van der Waals surface area contributed by atoms with Crippen molar-refractivity contribution in [2.45, 2.75) is 39.5 Å². The Labute approximate surface area is 199 Å². The molecule has 0 atom stereocenters. The Hall–Kier alpha value is -3.37. The van der Waals surface area contributed by atoms with Crippen LogP contribution in [0, 0.1) is 13.8 Å². The minimum Gasteiger partial charge on any atom is -0.494 e. The molecule has 0 aliphatic carbocycles. The first-order valence-electron chi connectivity index (χ1n) is 11.0. The van der Waals surface area contributed by atoms with E-state index in [0.29, 0.717) is 42.6 Å². The topological polar surface area (TPSA) is 111 Å². The predicted octanol–water partition coefficient (Wildman–Crippen LogP) is 4.77. The summed E-state index contributed by atoms with van der Waals surface area (Å²) in [6.45, 7) is 9.91. The molecular formula is C24H29N3O6S. The summed E-state index contributed by atoms with van der Waals surface area (Å²) in [5.74, 6) is 1.35. The Morgan fingerprint density at radius 2 is 1.68 bits per heavy atom. The molecular weight excluding hydrogens is 458 g/mol. The summed E-state index contributed by atoms with van der Waals surface area (Å²) in [5.41, 5.74) is 0.909. The Bertz CT molecular complexity index is 1230. The highest BCUT2D eigenvalue weighted by atomic mass is 32.2. The number of carbonyl (C=O) groups is 1. The highest BCUT2D eigenvalue weighted by molar-refractivity contribution is 7.89. The van der Waals surface area contributed by atoms with Crippen LogP contribution < -0.4 is 14.8 Å². The van der Waals surface area contributed by atoms with Gasteiger partial charge in [0.25, 0.3) is 5.91 Å². The van der Waals surface area contributed by atoms with Gasteiger partial charge in [-0.05, 0) is 63.2 Å². The monoisotopic (exact) mass is 487 g/mol. The molecule has 3 aromatic rings. The number of benzene rings is 2. The van der Waals surface area contributed by atoms with Crippen molar-refractivity contribution < 1.29 is 27.2 Å². The third kappa shape index (κ3) is 5.40. The van der Waals surface area contributed by atoms with E-state index in [4.69, 9.17) is 14.0 Å². The number of aromatic nitrogens is 1. The van der Waals surface area contributed by atoms with Gasteiger partial charge in [0.15, 0.2) is 5.75 Å². The molecule has 0 bridgehead atoms. The maximum absolute atomic E-state index is 13.1. The number of ether oxygens (including phenoxy) is 2. The third-order valence-electron chi connectivity index (χ3n) is 5.17. The molecule has 0 aliphatic heterocycles. The fourth-order valence-electron chi connectivity index (χ4n) is 3.46. The summed E-state index contributed by atoms with van der Waals surface area (Å²) in [4.78, 5) is 13.0. The van der Waals surface area contributed by atoms with Crippen LogP contribution in [0.2, 0.25) is 0 Å². The van der Waals surface area contributed by atoms with Gasteiger partial charge >= 0.3 is 0 Å². The van der Waals surface area contributed by atoms with Crippen molar-refractivity contribution in [1.82, 2.24) is 9.46 Å². The minimum atomic E-state index is -3.75. The van der Waals surface area contributed by atoms with Crippen molar-refractivity contribution in [1.29, 1.82) is 0 Å². The molecule has 1 amide bonds. The Balaban J connectivity index is 2.01. The summed E-state index contributed by atoms with van der Waals surface area (Å²) in [7, 11) is -3.75. The van der Waals surface area contributed by atoms with Crippen molar-refractivity contribution in [3.63, 3.8) is 0 Å². The Kier molecular flexibility index (Phi) is 7.95. The molecule has 0 saturated carbocycles. The number of aryl methyl sites for hydroxylation is 2.